The maximum atomic E-state index is 12.8. The Bertz CT molecular complexity index is 1000. The van der Waals surface area contributed by atoms with Gasteiger partial charge in [-0.05, 0) is 42.5 Å². The van der Waals surface area contributed by atoms with E-state index in [1.165, 1.54) is 22.9 Å². The van der Waals surface area contributed by atoms with E-state index < -0.39 is 0 Å². The minimum atomic E-state index is -0.177. The number of pyridine rings is 1. The highest BCUT2D eigenvalue weighted by molar-refractivity contribution is 6.06. The zero-order valence-corrected chi connectivity index (χ0v) is 13.4. The summed E-state index contributed by atoms with van der Waals surface area (Å²) >= 11 is 0. The van der Waals surface area contributed by atoms with Crippen LogP contribution in [-0.2, 0) is 6.42 Å². The number of rotatable bonds is 2. The van der Waals surface area contributed by atoms with Gasteiger partial charge in [0.1, 0.15) is 0 Å². The molecule has 1 aliphatic carbocycles. The Hall–Kier alpha value is -2.88. The number of carbonyl (C=O) groups excluding carboxylic acids is 1. The molecule has 4 heteroatoms. The second-order valence-electron chi connectivity index (χ2n) is 6.28. The van der Waals surface area contributed by atoms with Gasteiger partial charge in [0.15, 0.2) is 0 Å². The summed E-state index contributed by atoms with van der Waals surface area (Å²) in [5.74, 6) is -0.151. The molecular formula is C20H18N2O2. The van der Waals surface area contributed by atoms with Crippen LogP contribution in [0.1, 0.15) is 39.5 Å². The Morgan fingerprint density at radius 1 is 1.12 bits per heavy atom. The number of fused-ring (bicyclic) bond motifs is 2. The molecule has 2 aromatic carbocycles. The number of nitrogens with one attached hydrogen (secondary N) is 2. The van der Waals surface area contributed by atoms with Crippen molar-refractivity contribution in [3.05, 3.63) is 81.3 Å². The van der Waals surface area contributed by atoms with E-state index in [2.05, 4.69) is 29.4 Å². The number of amides is 1. The highest BCUT2D eigenvalue weighted by Crippen LogP contribution is 2.33. The smallest absolute Gasteiger partial charge is 0.255 e. The molecule has 0 radical (unpaired) electrons. The first-order chi connectivity index (χ1) is 11.6. The first kappa shape index (κ1) is 14.7. The Morgan fingerprint density at radius 2 is 1.92 bits per heavy atom. The number of aromatic nitrogens is 1. The molecule has 120 valence electrons. The molecular weight excluding hydrogens is 300 g/mol. The number of aromatic amines is 1. The van der Waals surface area contributed by atoms with Gasteiger partial charge >= 0.3 is 0 Å². The van der Waals surface area contributed by atoms with Crippen molar-refractivity contribution < 1.29 is 4.79 Å². The van der Waals surface area contributed by atoms with Gasteiger partial charge < -0.3 is 10.3 Å². The fourth-order valence-corrected chi connectivity index (χ4v) is 3.62. The lowest BCUT2D eigenvalue weighted by atomic mass is 10.0. The van der Waals surface area contributed by atoms with E-state index >= 15 is 0 Å². The predicted octanol–water partition coefficient (Wildman–Crippen LogP) is 3.25. The standard InChI is InChI=1S/C20H18N2O2/c1-12-5-4-8-15-13(12)9-10-18(15)22-20(24)17-11-21-19(23)16-7-3-2-6-14(16)17/h2-8,11,18H,9-10H2,1H3,(H,21,23)(H,22,24). The van der Waals surface area contributed by atoms with Gasteiger partial charge in [0.05, 0.1) is 11.6 Å². The van der Waals surface area contributed by atoms with Gasteiger partial charge in [-0.2, -0.15) is 0 Å². The summed E-state index contributed by atoms with van der Waals surface area (Å²) in [6.45, 7) is 2.11. The number of benzene rings is 2. The number of aryl methyl sites for hydroxylation is 1. The molecule has 0 saturated heterocycles. The van der Waals surface area contributed by atoms with Crippen molar-refractivity contribution in [2.24, 2.45) is 0 Å². The van der Waals surface area contributed by atoms with Gasteiger partial charge in [0, 0.05) is 17.0 Å². The fraction of sp³-hybridized carbons (Fsp3) is 0.200. The summed E-state index contributed by atoms with van der Waals surface area (Å²) in [5.41, 5.74) is 4.15. The van der Waals surface area contributed by atoms with Crippen molar-refractivity contribution in [2.45, 2.75) is 25.8 Å². The van der Waals surface area contributed by atoms with E-state index in [4.69, 9.17) is 0 Å². The number of carbonyl (C=O) groups is 1. The molecule has 0 bridgehead atoms. The summed E-state index contributed by atoms with van der Waals surface area (Å²) in [4.78, 5) is 27.4. The monoisotopic (exact) mass is 318 g/mol. The highest BCUT2D eigenvalue weighted by atomic mass is 16.2. The minimum Gasteiger partial charge on any atom is -0.345 e. The molecule has 1 aromatic heterocycles. The molecule has 24 heavy (non-hydrogen) atoms. The third-order valence-electron chi connectivity index (χ3n) is 4.86. The van der Waals surface area contributed by atoms with E-state index in [1.807, 2.05) is 18.2 Å². The van der Waals surface area contributed by atoms with E-state index in [1.54, 1.807) is 12.1 Å². The average molecular weight is 318 g/mol. The quantitative estimate of drug-likeness (QED) is 0.762. The Morgan fingerprint density at radius 3 is 2.75 bits per heavy atom. The first-order valence-corrected chi connectivity index (χ1v) is 8.15. The van der Waals surface area contributed by atoms with E-state index in [0.717, 1.165) is 12.8 Å². The molecule has 4 nitrogen and oxygen atoms in total. The van der Waals surface area contributed by atoms with Gasteiger partial charge in [-0.1, -0.05) is 36.4 Å². The molecule has 0 fully saturated rings. The van der Waals surface area contributed by atoms with Gasteiger partial charge in [0.25, 0.3) is 11.5 Å². The normalized spacial score (nSPS) is 16.1. The lowest BCUT2D eigenvalue weighted by Crippen LogP contribution is -2.28. The van der Waals surface area contributed by atoms with Crippen LogP contribution in [0.2, 0.25) is 0 Å². The zero-order valence-electron chi connectivity index (χ0n) is 13.4. The van der Waals surface area contributed by atoms with Gasteiger partial charge in [-0.15, -0.1) is 0 Å². The SMILES string of the molecule is Cc1cccc2c1CCC2NC(=O)c1c[nH]c(=O)c2ccccc12. The Kier molecular flexibility index (Phi) is 3.45. The minimum absolute atomic E-state index is 0.0260. The molecule has 3 aromatic rings. The van der Waals surface area contributed by atoms with Gasteiger partial charge in [-0.3, -0.25) is 9.59 Å². The van der Waals surface area contributed by atoms with Crippen LogP contribution < -0.4 is 10.9 Å². The zero-order chi connectivity index (χ0) is 16.7. The van der Waals surface area contributed by atoms with Crippen molar-refractivity contribution >= 4 is 16.7 Å². The topological polar surface area (TPSA) is 62.0 Å². The average Bonchev–Trinajstić information content (AvgIpc) is 3.00. The van der Waals surface area contributed by atoms with Crippen molar-refractivity contribution in [3.8, 4) is 0 Å². The summed E-state index contributed by atoms with van der Waals surface area (Å²) in [6, 6.07) is 13.4. The van der Waals surface area contributed by atoms with Crippen molar-refractivity contribution in [2.75, 3.05) is 0 Å². The molecule has 1 heterocycles. The largest absolute Gasteiger partial charge is 0.345 e. The van der Waals surface area contributed by atoms with Crippen molar-refractivity contribution in [1.82, 2.24) is 10.3 Å². The van der Waals surface area contributed by atoms with Crippen LogP contribution in [0.3, 0.4) is 0 Å². The molecule has 0 saturated carbocycles. The van der Waals surface area contributed by atoms with E-state index in [-0.39, 0.29) is 17.5 Å². The number of H-pyrrole nitrogens is 1. The molecule has 2 N–H and O–H groups in total. The van der Waals surface area contributed by atoms with Crippen LogP contribution in [0.4, 0.5) is 0 Å². The maximum absolute atomic E-state index is 12.8. The number of hydrogen-bond acceptors (Lipinski definition) is 2. The van der Waals surface area contributed by atoms with Crippen LogP contribution in [0, 0.1) is 6.92 Å². The highest BCUT2D eigenvalue weighted by Gasteiger charge is 2.25. The van der Waals surface area contributed by atoms with Crippen LogP contribution in [-0.4, -0.2) is 10.9 Å². The van der Waals surface area contributed by atoms with Gasteiger partial charge in [0.2, 0.25) is 0 Å². The molecule has 4 rings (SSSR count). The van der Waals surface area contributed by atoms with Crippen LogP contribution >= 0.6 is 0 Å². The summed E-state index contributed by atoms with van der Waals surface area (Å²) in [7, 11) is 0. The maximum Gasteiger partial charge on any atom is 0.255 e. The molecule has 1 unspecified atom stereocenters. The second kappa shape index (κ2) is 5.64. The first-order valence-electron chi connectivity index (χ1n) is 8.15. The van der Waals surface area contributed by atoms with Crippen LogP contribution in [0.25, 0.3) is 10.8 Å². The third-order valence-corrected chi connectivity index (χ3v) is 4.86. The second-order valence-corrected chi connectivity index (χ2v) is 6.28. The summed E-state index contributed by atoms with van der Waals surface area (Å²) in [6.07, 6.45) is 3.40. The Labute approximate surface area is 139 Å². The number of hydrogen-bond donors (Lipinski definition) is 2. The lowest BCUT2D eigenvalue weighted by Gasteiger charge is -2.15. The lowest BCUT2D eigenvalue weighted by molar-refractivity contribution is 0.0938. The van der Waals surface area contributed by atoms with Crippen molar-refractivity contribution in [1.29, 1.82) is 0 Å². The van der Waals surface area contributed by atoms with E-state index in [0.29, 0.717) is 16.3 Å². The Balaban J connectivity index is 1.69. The van der Waals surface area contributed by atoms with Crippen LogP contribution in [0.5, 0.6) is 0 Å². The van der Waals surface area contributed by atoms with Crippen molar-refractivity contribution in [3.63, 3.8) is 0 Å². The summed E-state index contributed by atoms with van der Waals surface area (Å²) < 4.78 is 0. The molecule has 0 spiro atoms. The molecule has 0 aliphatic heterocycles. The van der Waals surface area contributed by atoms with Crippen LogP contribution in [0.15, 0.2) is 53.5 Å². The molecule has 1 atom stereocenters. The third kappa shape index (κ3) is 2.31. The van der Waals surface area contributed by atoms with Gasteiger partial charge in [-0.25, -0.2) is 0 Å². The predicted molar refractivity (Wildman–Crippen MR) is 94.3 cm³/mol. The summed E-state index contributed by atoms with van der Waals surface area (Å²) in [5, 5.41) is 4.35. The molecule has 1 aliphatic rings. The van der Waals surface area contributed by atoms with E-state index in [9.17, 15) is 9.59 Å². The fourth-order valence-electron chi connectivity index (χ4n) is 3.62. The molecule has 1 amide bonds.